The maximum atomic E-state index is 12.1. The van der Waals surface area contributed by atoms with Crippen LogP contribution in [0.3, 0.4) is 0 Å². The fraction of sp³-hybridized carbons (Fsp3) is 0.882. The van der Waals surface area contributed by atoms with Crippen molar-refractivity contribution in [1.82, 2.24) is 10.6 Å². The second kappa shape index (κ2) is 7.28. The molecular formula is C17H30N2O2. The highest BCUT2D eigenvalue weighted by Gasteiger charge is 2.33. The molecular weight excluding hydrogens is 264 g/mol. The predicted molar refractivity (Wildman–Crippen MR) is 83.7 cm³/mol. The Kier molecular flexibility index (Phi) is 5.65. The smallest absolute Gasteiger partial charge is 0.223 e. The van der Waals surface area contributed by atoms with Crippen LogP contribution in [0.5, 0.6) is 0 Å². The standard InChI is InChI=1S/C17H30N2O2/c1-11(2)16(20)19-15-9-13(10-15)8-12(3)17(21)18-14-6-4-5-7-14/h11-15H,4-10H2,1-3H3,(H,18,21)(H,19,20). The Balaban J connectivity index is 1.62. The lowest BCUT2D eigenvalue weighted by molar-refractivity contribution is -0.127. The lowest BCUT2D eigenvalue weighted by Crippen LogP contribution is -2.47. The van der Waals surface area contributed by atoms with E-state index >= 15 is 0 Å². The third kappa shape index (κ3) is 4.72. The molecule has 21 heavy (non-hydrogen) atoms. The summed E-state index contributed by atoms with van der Waals surface area (Å²) in [6, 6.07) is 0.745. The Bertz CT molecular complexity index is 369. The van der Waals surface area contributed by atoms with Crippen molar-refractivity contribution in [2.45, 2.75) is 77.8 Å². The molecule has 0 radical (unpaired) electrons. The third-order valence-corrected chi connectivity index (χ3v) is 4.94. The minimum absolute atomic E-state index is 0.0557. The Hall–Kier alpha value is -1.06. The van der Waals surface area contributed by atoms with Gasteiger partial charge in [0.2, 0.25) is 11.8 Å². The van der Waals surface area contributed by atoms with Gasteiger partial charge in [0.15, 0.2) is 0 Å². The molecule has 0 aromatic heterocycles. The fourth-order valence-electron chi connectivity index (χ4n) is 3.43. The molecule has 0 saturated heterocycles. The first-order valence-electron chi connectivity index (χ1n) is 8.56. The molecule has 2 amide bonds. The molecule has 4 nitrogen and oxygen atoms in total. The maximum absolute atomic E-state index is 12.1. The molecule has 0 bridgehead atoms. The number of hydrogen-bond donors (Lipinski definition) is 2. The number of carbonyl (C=O) groups is 2. The van der Waals surface area contributed by atoms with E-state index in [1.807, 2.05) is 20.8 Å². The predicted octanol–water partition coefficient (Wildman–Crippen LogP) is 2.62. The first kappa shape index (κ1) is 16.3. The van der Waals surface area contributed by atoms with Crippen LogP contribution < -0.4 is 10.6 Å². The zero-order valence-corrected chi connectivity index (χ0v) is 13.7. The van der Waals surface area contributed by atoms with Crippen LogP contribution in [0.4, 0.5) is 0 Å². The van der Waals surface area contributed by atoms with E-state index < -0.39 is 0 Å². The summed E-state index contributed by atoms with van der Waals surface area (Å²) in [5.41, 5.74) is 0. The largest absolute Gasteiger partial charge is 0.353 e. The molecule has 0 aliphatic heterocycles. The lowest BCUT2D eigenvalue weighted by Gasteiger charge is -2.37. The summed E-state index contributed by atoms with van der Waals surface area (Å²) < 4.78 is 0. The molecule has 2 fully saturated rings. The molecule has 0 aromatic rings. The first-order chi connectivity index (χ1) is 9.95. The van der Waals surface area contributed by atoms with Crippen molar-refractivity contribution in [2.24, 2.45) is 17.8 Å². The van der Waals surface area contributed by atoms with Gasteiger partial charge in [0.1, 0.15) is 0 Å². The summed E-state index contributed by atoms with van der Waals surface area (Å²) in [5, 5.41) is 6.25. The number of amides is 2. The van der Waals surface area contributed by atoms with E-state index in [1.54, 1.807) is 0 Å². The van der Waals surface area contributed by atoms with E-state index in [-0.39, 0.29) is 23.7 Å². The maximum Gasteiger partial charge on any atom is 0.223 e. The van der Waals surface area contributed by atoms with Crippen molar-refractivity contribution in [1.29, 1.82) is 0 Å². The molecule has 2 saturated carbocycles. The number of hydrogen-bond acceptors (Lipinski definition) is 2. The molecule has 2 aliphatic carbocycles. The highest BCUT2D eigenvalue weighted by Crippen LogP contribution is 2.33. The average Bonchev–Trinajstić information content (AvgIpc) is 2.88. The molecule has 2 rings (SSSR count). The average molecular weight is 294 g/mol. The summed E-state index contributed by atoms with van der Waals surface area (Å²) in [6.45, 7) is 5.87. The Morgan fingerprint density at radius 3 is 2.10 bits per heavy atom. The van der Waals surface area contributed by atoms with E-state index in [0.29, 0.717) is 18.0 Å². The van der Waals surface area contributed by atoms with Crippen molar-refractivity contribution < 1.29 is 9.59 Å². The van der Waals surface area contributed by atoms with Gasteiger partial charge in [0, 0.05) is 23.9 Å². The quantitative estimate of drug-likeness (QED) is 0.791. The highest BCUT2D eigenvalue weighted by molar-refractivity contribution is 5.79. The molecule has 0 heterocycles. The topological polar surface area (TPSA) is 58.2 Å². The summed E-state index contributed by atoms with van der Waals surface area (Å²) in [5.74, 6) is 1.10. The van der Waals surface area contributed by atoms with Gasteiger partial charge >= 0.3 is 0 Å². The van der Waals surface area contributed by atoms with Crippen molar-refractivity contribution in [3.05, 3.63) is 0 Å². The van der Waals surface area contributed by atoms with E-state index in [4.69, 9.17) is 0 Å². The van der Waals surface area contributed by atoms with Crippen LogP contribution in [0.2, 0.25) is 0 Å². The SMILES string of the molecule is CC(C)C(=O)NC1CC(CC(C)C(=O)NC2CCCC2)C1. The van der Waals surface area contributed by atoms with Crippen molar-refractivity contribution in [3.8, 4) is 0 Å². The second-order valence-corrected chi connectivity index (χ2v) is 7.32. The van der Waals surface area contributed by atoms with Crippen LogP contribution in [0.1, 0.15) is 65.7 Å². The van der Waals surface area contributed by atoms with Gasteiger partial charge in [-0.1, -0.05) is 33.6 Å². The van der Waals surface area contributed by atoms with Crippen molar-refractivity contribution >= 4 is 11.8 Å². The van der Waals surface area contributed by atoms with E-state index in [0.717, 1.165) is 32.1 Å². The van der Waals surface area contributed by atoms with Gasteiger partial charge in [-0.2, -0.15) is 0 Å². The van der Waals surface area contributed by atoms with Crippen LogP contribution in [-0.4, -0.2) is 23.9 Å². The third-order valence-electron chi connectivity index (χ3n) is 4.94. The van der Waals surface area contributed by atoms with Gasteiger partial charge in [-0.25, -0.2) is 0 Å². The molecule has 0 spiro atoms. The summed E-state index contributed by atoms with van der Waals surface area (Å²) in [7, 11) is 0. The zero-order chi connectivity index (χ0) is 15.4. The zero-order valence-electron chi connectivity index (χ0n) is 13.7. The molecule has 1 atom stereocenters. The van der Waals surface area contributed by atoms with Crippen LogP contribution in [0.15, 0.2) is 0 Å². The summed E-state index contributed by atoms with van der Waals surface area (Å²) >= 11 is 0. The van der Waals surface area contributed by atoms with Crippen molar-refractivity contribution in [3.63, 3.8) is 0 Å². The second-order valence-electron chi connectivity index (χ2n) is 7.32. The molecule has 4 heteroatoms. The molecule has 120 valence electrons. The number of nitrogens with one attached hydrogen (secondary N) is 2. The van der Waals surface area contributed by atoms with Crippen LogP contribution in [-0.2, 0) is 9.59 Å². The normalized spacial score (nSPS) is 27.2. The summed E-state index contributed by atoms with van der Waals surface area (Å²) in [6.07, 6.45) is 7.79. The monoisotopic (exact) mass is 294 g/mol. The molecule has 2 aliphatic rings. The van der Waals surface area contributed by atoms with E-state index in [2.05, 4.69) is 10.6 Å². The Morgan fingerprint density at radius 1 is 0.952 bits per heavy atom. The van der Waals surface area contributed by atoms with Gasteiger partial charge in [0.25, 0.3) is 0 Å². The Morgan fingerprint density at radius 2 is 1.52 bits per heavy atom. The highest BCUT2D eigenvalue weighted by atomic mass is 16.2. The van der Waals surface area contributed by atoms with Crippen molar-refractivity contribution in [2.75, 3.05) is 0 Å². The minimum atomic E-state index is 0.0557. The Labute approximate surface area is 128 Å². The first-order valence-corrected chi connectivity index (χ1v) is 8.56. The number of rotatable bonds is 6. The number of carbonyl (C=O) groups excluding carboxylic acids is 2. The summed E-state index contributed by atoms with van der Waals surface area (Å²) in [4.78, 5) is 23.7. The van der Waals surface area contributed by atoms with Gasteiger partial charge in [-0.05, 0) is 38.0 Å². The minimum Gasteiger partial charge on any atom is -0.353 e. The van der Waals surface area contributed by atoms with Gasteiger partial charge in [-0.3, -0.25) is 9.59 Å². The van der Waals surface area contributed by atoms with E-state index in [9.17, 15) is 9.59 Å². The lowest BCUT2D eigenvalue weighted by atomic mass is 9.75. The van der Waals surface area contributed by atoms with Crippen LogP contribution in [0, 0.1) is 17.8 Å². The van der Waals surface area contributed by atoms with E-state index in [1.165, 1.54) is 12.8 Å². The fourth-order valence-corrected chi connectivity index (χ4v) is 3.43. The molecule has 2 N–H and O–H groups in total. The van der Waals surface area contributed by atoms with Gasteiger partial charge in [-0.15, -0.1) is 0 Å². The van der Waals surface area contributed by atoms with Crippen LogP contribution >= 0.6 is 0 Å². The molecule has 0 aromatic carbocycles. The van der Waals surface area contributed by atoms with Gasteiger partial charge < -0.3 is 10.6 Å². The molecule has 1 unspecified atom stereocenters. The van der Waals surface area contributed by atoms with Gasteiger partial charge in [0.05, 0.1) is 0 Å². The van der Waals surface area contributed by atoms with Crippen LogP contribution in [0.25, 0.3) is 0 Å².